The third kappa shape index (κ3) is 4.38. The van der Waals surface area contributed by atoms with Gasteiger partial charge in [0.2, 0.25) is 0 Å². The summed E-state index contributed by atoms with van der Waals surface area (Å²) in [6, 6.07) is 9.28. The summed E-state index contributed by atoms with van der Waals surface area (Å²) in [5.41, 5.74) is 0. The van der Waals surface area contributed by atoms with Crippen molar-refractivity contribution < 1.29 is 4.57 Å². The maximum atomic E-state index is 12.2. The van der Waals surface area contributed by atoms with Crippen LogP contribution in [0.1, 0.15) is 12.8 Å². The fourth-order valence-corrected chi connectivity index (χ4v) is 3.55. The maximum absolute atomic E-state index is 12.2. The average molecular weight is 255 g/mol. The van der Waals surface area contributed by atoms with Crippen molar-refractivity contribution >= 4 is 23.0 Å². The molecule has 0 aliphatic rings. The predicted octanol–water partition coefficient (Wildman–Crippen LogP) is 4.35. The minimum atomic E-state index is -2.68. The molecule has 0 saturated carbocycles. The molecule has 0 amide bonds. The summed E-state index contributed by atoms with van der Waals surface area (Å²) in [5.74, 6) is 0. The van der Waals surface area contributed by atoms with Crippen molar-refractivity contribution in [3.63, 3.8) is 0 Å². The number of allylic oxidation sites excluding steroid dienone is 3. The largest absolute Gasteiger partial charge is 0.302 e. The zero-order chi connectivity index (χ0) is 11.9. The van der Waals surface area contributed by atoms with Crippen LogP contribution in [0.2, 0.25) is 0 Å². The van der Waals surface area contributed by atoms with E-state index in [0.29, 0.717) is 6.16 Å². The van der Waals surface area contributed by atoms with Gasteiger partial charge < -0.3 is 4.57 Å². The van der Waals surface area contributed by atoms with Gasteiger partial charge in [0.05, 0.1) is 0 Å². The van der Waals surface area contributed by atoms with Crippen LogP contribution in [0, 0.1) is 0 Å². The Morgan fingerprint density at radius 3 is 2.62 bits per heavy atom. The van der Waals surface area contributed by atoms with Crippen LogP contribution >= 0.6 is 17.7 Å². The monoisotopic (exact) mass is 254 g/mol. The van der Waals surface area contributed by atoms with Gasteiger partial charge in [-0.1, -0.05) is 55.1 Å². The summed E-state index contributed by atoms with van der Waals surface area (Å²) < 4.78 is 12.2. The summed E-state index contributed by atoms with van der Waals surface area (Å²) in [7, 11) is 0. The lowest BCUT2D eigenvalue weighted by Gasteiger charge is -2.09. The number of halogens is 1. The smallest absolute Gasteiger partial charge is 0.197 e. The Morgan fingerprint density at radius 2 is 2.00 bits per heavy atom. The molecule has 1 atom stereocenters. The summed E-state index contributed by atoms with van der Waals surface area (Å²) >= 11 is 6.09. The normalized spacial score (nSPS) is 14.8. The minimum absolute atomic E-state index is 0.542. The number of benzene rings is 1. The van der Waals surface area contributed by atoms with Crippen LogP contribution in [-0.4, -0.2) is 6.16 Å². The van der Waals surface area contributed by atoms with Crippen molar-refractivity contribution in [2.75, 3.05) is 6.16 Å². The van der Waals surface area contributed by atoms with Crippen molar-refractivity contribution in [3.05, 3.63) is 55.1 Å². The Kier molecular flexibility index (Phi) is 5.59. The Bertz CT molecular complexity index is 398. The molecule has 3 heteroatoms. The highest BCUT2D eigenvalue weighted by Crippen LogP contribution is 2.50. The van der Waals surface area contributed by atoms with Crippen molar-refractivity contribution in [2.45, 2.75) is 12.8 Å². The van der Waals surface area contributed by atoms with Gasteiger partial charge in [-0.25, -0.2) is 0 Å². The van der Waals surface area contributed by atoms with Gasteiger partial charge in [-0.3, -0.25) is 0 Å². The molecule has 16 heavy (non-hydrogen) atoms. The lowest BCUT2D eigenvalue weighted by Crippen LogP contribution is -2.02. The Morgan fingerprint density at radius 1 is 1.31 bits per heavy atom. The third-order valence-electron chi connectivity index (χ3n) is 2.23. The Labute approximate surface area is 102 Å². The first kappa shape index (κ1) is 13.3. The summed E-state index contributed by atoms with van der Waals surface area (Å²) in [6.45, 7) is 0.906. The molecule has 0 aliphatic carbocycles. The molecular formula is C13H16ClOP. The molecule has 0 radical (unpaired) electrons. The summed E-state index contributed by atoms with van der Waals surface area (Å²) in [4.78, 5) is 0. The van der Waals surface area contributed by atoms with E-state index in [1.54, 1.807) is 6.08 Å². The molecule has 0 aliphatic heterocycles. The lowest BCUT2D eigenvalue weighted by molar-refractivity contribution is 0.588. The predicted molar refractivity (Wildman–Crippen MR) is 73.0 cm³/mol. The second-order valence-corrected chi connectivity index (χ2v) is 7.42. The zero-order valence-electron chi connectivity index (χ0n) is 9.18. The zero-order valence-corrected chi connectivity index (χ0v) is 10.8. The van der Waals surface area contributed by atoms with E-state index in [4.69, 9.17) is 11.2 Å². The molecule has 0 fully saturated rings. The van der Waals surface area contributed by atoms with Gasteiger partial charge in [0, 0.05) is 11.5 Å². The maximum Gasteiger partial charge on any atom is 0.197 e. The Hall–Kier alpha value is -0.780. The van der Waals surface area contributed by atoms with Gasteiger partial charge in [-0.05, 0) is 24.1 Å². The van der Waals surface area contributed by atoms with Gasteiger partial charge in [0.25, 0.3) is 0 Å². The molecule has 86 valence electrons. The highest BCUT2D eigenvalue weighted by atomic mass is 35.7. The number of hydrogen-bond donors (Lipinski definition) is 0. The first-order valence-corrected chi connectivity index (χ1v) is 8.08. The first-order chi connectivity index (χ1) is 7.67. The van der Waals surface area contributed by atoms with Crippen LogP contribution in [0.4, 0.5) is 0 Å². The molecule has 1 aromatic rings. The van der Waals surface area contributed by atoms with Gasteiger partial charge in [0.15, 0.2) is 6.49 Å². The van der Waals surface area contributed by atoms with Crippen molar-refractivity contribution in [2.24, 2.45) is 0 Å². The van der Waals surface area contributed by atoms with E-state index in [-0.39, 0.29) is 0 Å². The van der Waals surface area contributed by atoms with Crippen molar-refractivity contribution in [1.82, 2.24) is 0 Å². The SMILES string of the molecule is C=C/C=C/CCCP(=O)(Cl)c1ccccc1. The first-order valence-electron chi connectivity index (χ1n) is 5.29. The highest BCUT2D eigenvalue weighted by Gasteiger charge is 2.19. The second-order valence-electron chi connectivity index (χ2n) is 3.52. The van der Waals surface area contributed by atoms with Gasteiger partial charge in [-0.15, -0.1) is 0 Å². The quantitative estimate of drug-likeness (QED) is 0.419. The van der Waals surface area contributed by atoms with Crippen LogP contribution in [0.25, 0.3) is 0 Å². The van der Waals surface area contributed by atoms with Crippen LogP contribution in [-0.2, 0) is 4.57 Å². The van der Waals surface area contributed by atoms with Gasteiger partial charge in [0.1, 0.15) is 0 Å². The average Bonchev–Trinajstić information content (AvgIpc) is 2.30. The number of hydrogen-bond acceptors (Lipinski definition) is 1. The molecule has 0 bridgehead atoms. The lowest BCUT2D eigenvalue weighted by atomic mass is 10.3. The minimum Gasteiger partial charge on any atom is -0.302 e. The van der Waals surface area contributed by atoms with Crippen LogP contribution in [0.5, 0.6) is 0 Å². The molecular weight excluding hydrogens is 239 g/mol. The van der Waals surface area contributed by atoms with Crippen molar-refractivity contribution in [1.29, 1.82) is 0 Å². The van der Waals surface area contributed by atoms with E-state index in [1.165, 1.54) is 0 Å². The van der Waals surface area contributed by atoms with E-state index >= 15 is 0 Å². The molecule has 0 heterocycles. The molecule has 1 unspecified atom stereocenters. The van der Waals surface area contributed by atoms with Gasteiger partial charge >= 0.3 is 0 Å². The van der Waals surface area contributed by atoms with E-state index in [2.05, 4.69) is 6.58 Å². The summed E-state index contributed by atoms with van der Waals surface area (Å²) in [6.07, 6.45) is 7.89. The topological polar surface area (TPSA) is 17.1 Å². The third-order valence-corrected chi connectivity index (χ3v) is 5.28. The van der Waals surface area contributed by atoms with Crippen LogP contribution in [0.15, 0.2) is 55.1 Å². The van der Waals surface area contributed by atoms with Crippen LogP contribution < -0.4 is 5.30 Å². The standard InChI is InChI=1S/C13H16ClOP/c1-2-3-4-5-9-12-16(14,15)13-10-7-6-8-11-13/h2-4,6-8,10-11H,1,5,9,12H2/b4-3+. The molecule has 1 aromatic carbocycles. The van der Waals surface area contributed by atoms with Crippen molar-refractivity contribution in [3.8, 4) is 0 Å². The summed E-state index contributed by atoms with van der Waals surface area (Å²) in [5, 5.41) is 0.754. The fourth-order valence-electron chi connectivity index (χ4n) is 1.38. The Balaban J connectivity index is 2.50. The second kappa shape index (κ2) is 6.73. The van der Waals surface area contributed by atoms with E-state index in [9.17, 15) is 4.57 Å². The number of unbranched alkanes of at least 4 members (excludes halogenated alkanes) is 1. The molecule has 1 rings (SSSR count). The van der Waals surface area contributed by atoms with E-state index < -0.39 is 6.49 Å². The van der Waals surface area contributed by atoms with Gasteiger partial charge in [-0.2, -0.15) is 0 Å². The molecule has 0 aromatic heterocycles. The molecule has 0 saturated heterocycles. The van der Waals surface area contributed by atoms with E-state index in [1.807, 2.05) is 42.5 Å². The molecule has 0 spiro atoms. The molecule has 1 nitrogen and oxygen atoms in total. The van der Waals surface area contributed by atoms with Crippen LogP contribution in [0.3, 0.4) is 0 Å². The molecule has 0 N–H and O–H groups in total. The fraction of sp³-hybridized carbons (Fsp3) is 0.231. The van der Waals surface area contributed by atoms with E-state index in [0.717, 1.165) is 18.1 Å². The highest BCUT2D eigenvalue weighted by molar-refractivity contribution is 7.95. The number of rotatable bonds is 6.